The van der Waals surface area contributed by atoms with E-state index in [1.165, 1.54) is 54.1 Å². The first-order valence-electron chi connectivity index (χ1n) is 11.8. The second-order valence-electron chi connectivity index (χ2n) is 8.78. The number of aromatic nitrogens is 2. The molecule has 1 aliphatic carbocycles. The molecule has 2 aromatic heterocycles. The van der Waals surface area contributed by atoms with Gasteiger partial charge in [-0.05, 0) is 74.5 Å². The van der Waals surface area contributed by atoms with Gasteiger partial charge in [0, 0.05) is 42.0 Å². The first-order chi connectivity index (χ1) is 14.9. The summed E-state index contributed by atoms with van der Waals surface area (Å²) < 4.78 is 2.53. The molecule has 3 N–H and O–H groups in total. The van der Waals surface area contributed by atoms with Crippen molar-refractivity contribution >= 4 is 35.7 Å². The molecule has 176 valence electrons. The standard InChI is InChI=1S/C26H36N4.2ClH/c27-14-7-16-28-17-13-23(22-10-6-15-29-18-22)25-20-30(19-21-8-2-1-3-9-21)26-12-5-4-11-24(25)26;;/h4-6,10-12,15,18,20-21,23,28H,1-3,7-9,13-14,16-17,19,27H2;2*1H. The van der Waals surface area contributed by atoms with Crippen molar-refractivity contribution in [2.75, 3.05) is 19.6 Å². The van der Waals surface area contributed by atoms with Gasteiger partial charge in [-0.15, -0.1) is 24.8 Å². The fourth-order valence-corrected chi connectivity index (χ4v) is 5.03. The number of hydrogen-bond donors (Lipinski definition) is 2. The molecule has 6 heteroatoms. The third-order valence-corrected chi connectivity index (χ3v) is 6.63. The number of rotatable bonds is 10. The van der Waals surface area contributed by atoms with Crippen LogP contribution < -0.4 is 11.1 Å². The number of nitrogens with zero attached hydrogens (tertiary/aromatic N) is 2. The molecule has 1 unspecified atom stereocenters. The summed E-state index contributed by atoms with van der Waals surface area (Å²) in [4.78, 5) is 4.43. The highest BCUT2D eigenvalue weighted by Crippen LogP contribution is 2.35. The van der Waals surface area contributed by atoms with Gasteiger partial charge in [-0.3, -0.25) is 4.98 Å². The Labute approximate surface area is 205 Å². The monoisotopic (exact) mass is 476 g/mol. The number of para-hydroxylation sites is 1. The summed E-state index contributed by atoms with van der Waals surface area (Å²) in [6.07, 6.45) is 15.4. The van der Waals surface area contributed by atoms with Crippen LogP contribution in [-0.2, 0) is 6.54 Å². The Bertz CT molecular complexity index is 907. The van der Waals surface area contributed by atoms with Crippen LogP contribution in [0.3, 0.4) is 0 Å². The highest BCUT2D eigenvalue weighted by atomic mass is 35.5. The minimum atomic E-state index is 0. The molecule has 2 heterocycles. The predicted octanol–water partition coefficient (Wildman–Crippen LogP) is 5.92. The van der Waals surface area contributed by atoms with E-state index in [4.69, 9.17) is 5.73 Å². The minimum absolute atomic E-state index is 0. The topological polar surface area (TPSA) is 55.9 Å². The summed E-state index contributed by atoms with van der Waals surface area (Å²) in [5.41, 5.74) is 9.77. The predicted molar refractivity (Wildman–Crippen MR) is 140 cm³/mol. The fraction of sp³-hybridized carbons (Fsp3) is 0.500. The third kappa shape index (κ3) is 6.71. The summed E-state index contributed by atoms with van der Waals surface area (Å²) in [7, 11) is 0. The molecule has 1 aliphatic rings. The van der Waals surface area contributed by atoms with Crippen molar-refractivity contribution in [3.8, 4) is 0 Å². The average Bonchev–Trinajstić information content (AvgIpc) is 3.16. The number of pyridine rings is 1. The molecule has 0 spiro atoms. The lowest BCUT2D eigenvalue weighted by Gasteiger charge is -2.22. The van der Waals surface area contributed by atoms with E-state index in [1.807, 2.05) is 12.4 Å². The molecule has 32 heavy (non-hydrogen) atoms. The van der Waals surface area contributed by atoms with E-state index in [1.54, 1.807) is 0 Å². The normalized spacial score (nSPS) is 15.2. The Balaban J connectivity index is 0.00000181. The van der Waals surface area contributed by atoms with Gasteiger partial charge in [-0.2, -0.15) is 0 Å². The van der Waals surface area contributed by atoms with Crippen molar-refractivity contribution in [1.82, 2.24) is 14.9 Å². The van der Waals surface area contributed by atoms with E-state index in [9.17, 15) is 0 Å². The van der Waals surface area contributed by atoms with E-state index in [-0.39, 0.29) is 24.8 Å². The maximum absolute atomic E-state index is 5.64. The van der Waals surface area contributed by atoms with Crippen LogP contribution >= 0.6 is 24.8 Å². The molecule has 0 saturated heterocycles. The van der Waals surface area contributed by atoms with Crippen LogP contribution in [0.25, 0.3) is 10.9 Å². The molecular formula is C26H38Cl2N4. The number of nitrogens with one attached hydrogen (secondary N) is 1. The molecule has 4 rings (SSSR count). The van der Waals surface area contributed by atoms with Crippen LogP contribution in [0.4, 0.5) is 0 Å². The molecule has 0 aliphatic heterocycles. The lowest BCUT2D eigenvalue weighted by molar-refractivity contribution is 0.322. The number of hydrogen-bond acceptors (Lipinski definition) is 3. The summed E-state index contributed by atoms with van der Waals surface area (Å²) >= 11 is 0. The molecule has 0 bridgehead atoms. The van der Waals surface area contributed by atoms with Crippen molar-refractivity contribution in [1.29, 1.82) is 0 Å². The number of nitrogens with two attached hydrogens (primary N) is 1. The van der Waals surface area contributed by atoms with E-state index in [0.29, 0.717) is 5.92 Å². The van der Waals surface area contributed by atoms with Crippen molar-refractivity contribution in [3.63, 3.8) is 0 Å². The zero-order valence-corrected chi connectivity index (χ0v) is 20.6. The Morgan fingerprint density at radius 2 is 1.84 bits per heavy atom. The van der Waals surface area contributed by atoms with E-state index < -0.39 is 0 Å². The van der Waals surface area contributed by atoms with Crippen LogP contribution in [0.15, 0.2) is 55.0 Å². The van der Waals surface area contributed by atoms with Crippen LogP contribution in [0.5, 0.6) is 0 Å². The quantitative estimate of drug-likeness (QED) is 0.357. The summed E-state index contributed by atoms with van der Waals surface area (Å²) in [5.74, 6) is 1.17. The molecule has 1 atom stereocenters. The molecule has 0 amide bonds. The zero-order chi connectivity index (χ0) is 20.6. The van der Waals surface area contributed by atoms with Crippen molar-refractivity contribution in [2.45, 2.75) is 57.4 Å². The van der Waals surface area contributed by atoms with Crippen LogP contribution in [0, 0.1) is 5.92 Å². The molecule has 3 aromatic rings. The maximum atomic E-state index is 5.64. The SMILES string of the molecule is Cl.Cl.NCCCNCCC(c1cccnc1)c1cn(CC2CCCCC2)c2ccccc12. The number of halogens is 2. The van der Waals surface area contributed by atoms with Gasteiger partial charge in [0.1, 0.15) is 0 Å². The van der Waals surface area contributed by atoms with Gasteiger partial charge in [0.25, 0.3) is 0 Å². The first-order valence-corrected chi connectivity index (χ1v) is 11.8. The van der Waals surface area contributed by atoms with Crippen LogP contribution in [-0.4, -0.2) is 29.2 Å². The van der Waals surface area contributed by atoms with Gasteiger partial charge in [-0.25, -0.2) is 0 Å². The van der Waals surface area contributed by atoms with Gasteiger partial charge in [0.2, 0.25) is 0 Å². The second kappa shape index (κ2) is 13.8. The van der Waals surface area contributed by atoms with E-state index in [0.717, 1.165) is 44.9 Å². The summed E-state index contributed by atoms with van der Waals surface area (Å²) in [6.45, 7) is 3.87. The van der Waals surface area contributed by atoms with Gasteiger partial charge in [0.15, 0.2) is 0 Å². The van der Waals surface area contributed by atoms with Crippen molar-refractivity contribution < 1.29 is 0 Å². The Morgan fingerprint density at radius 3 is 2.59 bits per heavy atom. The molecule has 1 fully saturated rings. The maximum Gasteiger partial charge on any atom is 0.0483 e. The molecule has 1 saturated carbocycles. The van der Waals surface area contributed by atoms with E-state index >= 15 is 0 Å². The fourth-order valence-electron chi connectivity index (χ4n) is 5.03. The van der Waals surface area contributed by atoms with Crippen LogP contribution in [0.2, 0.25) is 0 Å². The van der Waals surface area contributed by atoms with Gasteiger partial charge >= 0.3 is 0 Å². The Hall–Kier alpha value is -1.59. The molecule has 0 radical (unpaired) electrons. The molecule has 4 nitrogen and oxygen atoms in total. The Kier molecular flexibility index (Phi) is 11.5. The number of benzene rings is 1. The molecule has 1 aromatic carbocycles. The van der Waals surface area contributed by atoms with Crippen LogP contribution in [0.1, 0.15) is 62.0 Å². The lowest BCUT2D eigenvalue weighted by Crippen LogP contribution is -2.21. The second-order valence-corrected chi connectivity index (χ2v) is 8.78. The largest absolute Gasteiger partial charge is 0.347 e. The zero-order valence-electron chi connectivity index (χ0n) is 18.9. The van der Waals surface area contributed by atoms with Crippen molar-refractivity contribution in [3.05, 3.63) is 66.1 Å². The molecular weight excluding hydrogens is 439 g/mol. The average molecular weight is 478 g/mol. The summed E-state index contributed by atoms with van der Waals surface area (Å²) in [5, 5.41) is 4.96. The smallest absolute Gasteiger partial charge is 0.0483 e. The number of fused-ring (bicyclic) bond motifs is 1. The Morgan fingerprint density at radius 1 is 1.03 bits per heavy atom. The lowest BCUT2D eigenvalue weighted by atomic mass is 9.89. The van der Waals surface area contributed by atoms with Gasteiger partial charge < -0.3 is 15.6 Å². The highest BCUT2D eigenvalue weighted by molar-refractivity contribution is 5.86. The highest BCUT2D eigenvalue weighted by Gasteiger charge is 2.21. The third-order valence-electron chi connectivity index (χ3n) is 6.63. The summed E-state index contributed by atoms with van der Waals surface area (Å²) in [6, 6.07) is 13.2. The van der Waals surface area contributed by atoms with Gasteiger partial charge in [0.05, 0.1) is 0 Å². The van der Waals surface area contributed by atoms with Crippen molar-refractivity contribution in [2.24, 2.45) is 11.7 Å². The minimum Gasteiger partial charge on any atom is -0.347 e. The first kappa shape index (κ1) is 26.7. The van der Waals surface area contributed by atoms with E-state index in [2.05, 4.69) is 57.5 Å². The van der Waals surface area contributed by atoms with Gasteiger partial charge in [-0.1, -0.05) is 43.5 Å².